The number of nitrogens with one attached hydrogen (secondary N) is 1. The number of ether oxygens (including phenoxy) is 1. The van der Waals surface area contributed by atoms with Gasteiger partial charge in [0.1, 0.15) is 16.8 Å². The largest absolute Gasteiger partial charge is 0.504 e. The van der Waals surface area contributed by atoms with Crippen molar-refractivity contribution in [2.75, 3.05) is 0 Å². The molecule has 0 spiro atoms. The number of aromatic carboxylic acids is 1. The molecule has 3 rings (SSSR count). The van der Waals surface area contributed by atoms with Crippen LogP contribution in [-0.2, 0) is 11.3 Å². The number of aromatic hydroxyl groups is 2. The fourth-order valence-electron chi connectivity index (χ4n) is 2.76. The Kier molecular flexibility index (Phi) is 6.02. The fraction of sp³-hybridized carbons (Fsp3) is 0.217. The number of fused-ring (bicyclic) bond motifs is 1. The van der Waals surface area contributed by atoms with Crippen molar-refractivity contribution < 1.29 is 34.4 Å². The lowest BCUT2D eigenvalue weighted by Gasteiger charge is -2.18. The van der Waals surface area contributed by atoms with Crippen LogP contribution in [0.4, 0.5) is 0 Å². The number of carboxylic acid groups (broad SMARTS) is 1. The SMILES string of the molecule is CC(C)(C)C(=O)Oc1c(C(=O)O)ccc2ccc(C(=O)NCc3ccc(O)c(O)c3)nc12. The molecule has 0 unspecified atom stereocenters. The standard InChI is InChI=1S/C23H22N2O7/c1-23(2,3)22(31)32-19-14(21(29)30)7-5-13-6-8-15(25-18(13)19)20(28)24-11-12-4-9-16(26)17(27)10-12/h4-10,26-27H,11H2,1-3H3,(H,24,28)(H,29,30). The molecule has 1 aromatic heterocycles. The van der Waals surface area contributed by atoms with Crippen molar-refractivity contribution in [2.45, 2.75) is 27.3 Å². The van der Waals surface area contributed by atoms with Crippen molar-refractivity contribution >= 4 is 28.7 Å². The Morgan fingerprint density at radius 3 is 2.31 bits per heavy atom. The quantitative estimate of drug-likeness (QED) is 0.270. The summed E-state index contributed by atoms with van der Waals surface area (Å²) in [6, 6.07) is 10.0. The molecule has 0 atom stereocenters. The lowest BCUT2D eigenvalue weighted by Crippen LogP contribution is -2.27. The van der Waals surface area contributed by atoms with Crippen LogP contribution in [0.25, 0.3) is 10.9 Å². The number of aromatic nitrogens is 1. The highest BCUT2D eigenvalue weighted by Gasteiger charge is 2.27. The van der Waals surface area contributed by atoms with Crippen LogP contribution in [0.15, 0.2) is 42.5 Å². The fourth-order valence-corrected chi connectivity index (χ4v) is 2.76. The molecule has 4 N–H and O–H groups in total. The highest BCUT2D eigenvalue weighted by atomic mass is 16.5. The minimum absolute atomic E-state index is 0.0175. The zero-order valence-corrected chi connectivity index (χ0v) is 17.7. The maximum Gasteiger partial charge on any atom is 0.339 e. The van der Waals surface area contributed by atoms with Gasteiger partial charge in [-0.3, -0.25) is 9.59 Å². The van der Waals surface area contributed by atoms with E-state index in [0.29, 0.717) is 10.9 Å². The van der Waals surface area contributed by atoms with E-state index in [2.05, 4.69) is 10.3 Å². The van der Waals surface area contributed by atoms with E-state index in [9.17, 15) is 29.7 Å². The van der Waals surface area contributed by atoms with Crippen LogP contribution < -0.4 is 10.1 Å². The van der Waals surface area contributed by atoms with Crippen LogP contribution in [0.1, 0.15) is 47.2 Å². The third-order valence-electron chi connectivity index (χ3n) is 4.58. The Bertz CT molecular complexity index is 1230. The van der Waals surface area contributed by atoms with Crippen molar-refractivity contribution in [1.29, 1.82) is 0 Å². The number of phenols is 2. The number of carbonyl (C=O) groups excluding carboxylic acids is 2. The number of nitrogens with zero attached hydrogens (tertiary/aromatic N) is 1. The second-order valence-electron chi connectivity index (χ2n) is 8.16. The monoisotopic (exact) mass is 438 g/mol. The Morgan fingerprint density at radius 2 is 1.69 bits per heavy atom. The summed E-state index contributed by atoms with van der Waals surface area (Å²) < 4.78 is 5.41. The third kappa shape index (κ3) is 4.77. The molecule has 3 aromatic rings. The molecule has 0 fully saturated rings. The molecule has 0 bridgehead atoms. The molecule has 0 aliphatic heterocycles. The van der Waals surface area contributed by atoms with E-state index in [0.717, 1.165) is 0 Å². The molecule has 0 aliphatic rings. The number of hydrogen-bond acceptors (Lipinski definition) is 7. The normalized spacial score (nSPS) is 11.2. The molecule has 0 saturated carbocycles. The van der Waals surface area contributed by atoms with Gasteiger partial charge in [0.15, 0.2) is 17.2 Å². The summed E-state index contributed by atoms with van der Waals surface area (Å²) in [5.41, 5.74) is -0.543. The summed E-state index contributed by atoms with van der Waals surface area (Å²) in [7, 11) is 0. The van der Waals surface area contributed by atoms with Crippen LogP contribution in [0.2, 0.25) is 0 Å². The van der Waals surface area contributed by atoms with Gasteiger partial charge in [0.05, 0.1) is 5.41 Å². The minimum atomic E-state index is -1.30. The zero-order chi connectivity index (χ0) is 23.6. The average Bonchev–Trinajstić information content (AvgIpc) is 2.73. The lowest BCUT2D eigenvalue weighted by molar-refractivity contribution is -0.142. The Balaban J connectivity index is 1.95. The number of amides is 1. The van der Waals surface area contributed by atoms with Crippen molar-refractivity contribution in [1.82, 2.24) is 10.3 Å². The van der Waals surface area contributed by atoms with E-state index in [-0.39, 0.29) is 40.6 Å². The van der Waals surface area contributed by atoms with Crippen molar-refractivity contribution in [2.24, 2.45) is 5.41 Å². The number of phenolic OH excluding ortho intramolecular Hbond substituents is 2. The topological polar surface area (TPSA) is 146 Å². The number of carboxylic acids is 1. The van der Waals surface area contributed by atoms with Gasteiger partial charge >= 0.3 is 11.9 Å². The molecule has 0 aliphatic carbocycles. The molecular formula is C23H22N2O7. The highest BCUT2D eigenvalue weighted by molar-refractivity contribution is 6.02. The van der Waals surface area contributed by atoms with Gasteiger partial charge in [0, 0.05) is 11.9 Å². The van der Waals surface area contributed by atoms with Gasteiger partial charge in [-0.05, 0) is 50.6 Å². The van der Waals surface area contributed by atoms with Crippen LogP contribution in [0, 0.1) is 5.41 Å². The van der Waals surface area contributed by atoms with E-state index in [4.69, 9.17) is 4.74 Å². The molecule has 9 nitrogen and oxygen atoms in total. The van der Waals surface area contributed by atoms with Crippen LogP contribution in [0.3, 0.4) is 0 Å². The molecule has 2 aromatic carbocycles. The molecular weight excluding hydrogens is 416 g/mol. The predicted octanol–water partition coefficient (Wildman–Crippen LogP) is 3.23. The molecule has 0 radical (unpaired) electrons. The van der Waals surface area contributed by atoms with E-state index >= 15 is 0 Å². The van der Waals surface area contributed by atoms with Crippen molar-refractivity contribution in [3.8, 4) is 17.2 Å². The van der Waals surface area contributed by atoms with Gasteiger partial charge in [0.2, 0.25) is 0 Å². The zero-order valence-electron chi connectivity index (χ0n) is 17.7. The average molecular weight is 438 g/mol. The maximum absolute atomic E-state index is 12.6. The first-order valence-electron chi connectivity index (χ1n) is 9.66. The molecule has 0 saturated heterocycles. The summed E-state index contributed by atoms with van der Waals surface area (Å²) in [5, 5.41) is 31.6. The second kappa shape index (κ2) is 8.54. The number of benzene rings is 2. The lowest BCUT2D eigenvalue weighted by atomic mass is 9.97. The summed E-state index contributed by atoms with van der Waals surface area (Å²) >= 11 is 0. The maximum atomic E-state index is 12.6. The van der Waals surface area contributed by atoms with Gasteiger partial charge < -0.3 is 25.4 Å². The van der Waals surface area contributed by atoms with E-state index in [1.54, 1.807) is 26.8 Å². The predicted molar refractivity (Wildman–Crippen MR) is 115 cm³/mol. The second-order valence-corrected chi connectivity index (χ2v) is 8.16. The van der Waals surface area contributed by atoms with Crippen molar-refractivity contribution in [3.05, 3.63) is 59.3 Å². The van der Waals surface area contributed by atoms with Crippen LogP contribution in [-0.4, -0.2) is 38.1 Å². The van der Waals surface area contributed by atoms with Gasteiger partial charge in [0.25, 0.3) is 5.91 Å². The van der Waals surface area contributed by atoms with Crippen molar-refractivity contribution in [3.63, 3.8) is 0 Å². The molecule has 9 heteroatoms. The van der Waals surface area contributed by atoms with E-state index in [1.165, 1.54) is 36.4 Å². The summed E-state index contributed by atoms with van der Waals surface area (Å²) in [6.07, 6.45) is 0. The molecule has 32 heavy (non-hydrogen) atoms. The van der Waals surface area contributed by atoms with E-state index in [1.807, 2.05) is 0 Å². The van der Waals surface area contributed by atoms with Gasteiger partial charge in [-0.1, -0.05) is 18.2 Å². The van der Waals surface area contributed by atoms with Crippen LogP contribution in [0.5, 0.6) is 17.2 Å². The first-order chi connectivity index (χ1) is 15.0. The summed E-state index contributed by atoms with van der Waals surface area (Å²) in [4.78, 5) is 41.0. The molecule has 1 amide bonds. The Morgan fingerprint density at radius 1 is 1.00 bits per heavy atom. The molecule has 1 heterocycles. The number of pyridine rings is 1. The van der Waals surface area contributed by atoms with E-state index < -0.39 is 23.3 Å². The summed E-state index contributed by atoms with van der Waals surface area (Å²) in [6.45, 7) is 4.95. The first kappa shape index (κ1) is 22.5. The first-order valence-corrected chi connectivity index (χ1v) is 9.66. The molecule has 166 valence electrons. The van der Waals surface area contributed by atoms with Crippen LogP contribution >= 0.6 is 0 Å². The van der Waals surface area contributed by atoms with Gasteiger partial charge in [-0.15, -0.1) is 0 Å². The highest BCUT2D eigenvalue weighted by Crippen LogP contribution is 2.31. The van der Waals surface area contributed by atoms with Gasteiger partial charge in [-0.2, -0.15) is 0 Å². The number of rotatable bonds is 5. The smallest absolute Gasteiger partial charge is 0.339 e. The Hall–Kier alpha value is -4.14. The summed E-state index contributed by atoms with van der Waals surface area (Å²) in [5.74, 6) is -3.32. The minimum Gasteiger partial charge on any atom is -0.504 e. The van der Waals surface area contributed by atoms with Gasteiger partial charge in [-0.25, -0.2) is 9.78 Å². The Labute approximate surface area is 183 Å². The number of hydrogen-bond donors (Lipinski definition) is 4. The number of esters is 1. The third-order valence-corrected chi connectivity index (χ3v) is 4.58. The number of carbonyl (C=O) groups is 3.